The number of rotatable bonds is 4. The van der Waals surface area contributed by atoms with E-state index in [1.807, 2.05) is 42.3 Å². The molecule has 0 unspecified atom stereocenters. The zero-order chi connectivity index (χ0) is 14.0. The van der Waals surface area contributed by atoms with Gasteiger partial charge in [-0.25, -0.2) is 0 Å². The van der Waals surface area contributed by atoms with E-state index in [0.717, 1.165) is 16.3 Å². The lowest BCUT2D eigenvalue weighted by molar-refractivity contribution is 0.0424. The number of phenolic OH excluding ortho intramolecular Hbond substituents is 1. The molecule has 0 bridgehead atoms. The Hall–Kier alpha value is -1.58. The Labute approximate surface area is 114 Å². The van der Waals surface area contributed by atoms with Crippen LogP contribution in [-0.4, -0.2) is 34.3 Å². The molecule has 0 aliphatic rings. The van der Waals surface area contributed by atoms with Crippen LogP contribution in [0.15, 0.2) is 36.4 Å². The molecule has 0 amide bonds. The summed E-state index contributed by atoms with van der Waals surface area (Å²) in [6.07, 6.45) is 0. The van der Waals surface area contributed by atoms with Crippen LogP contribution in [0.4, 0.5) is 0 Å². The minimum absolute atomic E-state index is 0.307. The first-order valence-corrected chi connectivity index (χ1v) is 6.47. The Bertz CT molecular complexity index is 572. The molecule has 3 heteroatoms. The van der Waals surface area contributed by atoms with Crippen molar-refractivity contribution < 1.29 is 10.2 Å². The monoisotopic (exact) mass is 259 g/mol. The smallest absolute Gasteiger partial charge is 0.120 e. The van der Waals surface area contributed by atoms with Crippen molar-refractivity contribution in [3.63, 3.8) is 0 Å². The van der Waals surface area contributed by atoms with Crippen LogP contribution in [0.3, 0.4) is 0 Å². The maximum absolute atomic E-state index is 10.1. The Kier molecular flexibility index (Phi) is 3.78. The summed E-state index contributed by atoms with van der Waals surface area (Å²) in [6.45, 7) is 4.73. The van der Waals surface area contributed by atoms with Gasteiger partial charge < -0.3 is 10.2 Å². The van der Waals surface area contributed by atoms with Crippen LogP contribution >= 0.6 is 0 Å². The first kappa shape index (κ1) is 13.8. The van der Waals surface area contributed by atoms with Gasteiger partial charge in [-0.05, 0) is 37.7 Å². The number of benzene rings is 2. The van der Waals surface area contributed by atoms with Gasteiger partial charge in [0.25, 0.3) is 0 Å². The van der Waals surface area contributed by atoms with Crippen LogP contribution in [0, 0.1) is 0 Å². The highest BCUT2D eigenvalue weighted by Gasteiger charge is 2.17. The van der Waals surface area contributed by atoms with E-state index in [-0.39, 0.29) is 0 Å². The molecule has 0 aromatic heterocycles. The minimum Gasteiger partial charge on any atom is -0.508 e. The van der Waals surface area contributed by atoms with E-state index in [9.17, 15) is 10.2 Å². The van der Waals surface area contributed by atoms with Crippen LogP contribution in [0.5, 0.6) is 5.75 Å². The van der Waals surface area contributed by atoms with Crippen LogP contribution in [0.25, 0.3) is 10.8 Å². The van der Waals surface area contributed by atoms with Crippen LogP contribution in [0.2, 0.25) is 0 Å². The molecule has 2 aromatic rings. The molecule has 0 spiro atoms. The molecule has 0 heterocycles. The first-order valence-electron chi connectivity index (χ1n) is 6.47. The zero-order valence-corrected chi connectivity index (χ0v) is 11.7. The molecule has 0 radical (unpaired) electrons. The third-order valence-corrected chi connectivity index (χ3v) is 3.10. The largest absolute Gasteiger partial charge is 0.508 e. The lowest BCUT2D eigenvalue weighted by Gasteiger charge is -2.26. The highest BCUT2D eigenvalue weighted by Crippen LogP contribution is 2.28. The van der Waals surface area contributed by atoms with E-state index < -0.39 is 5.60 Å². The predicted octanol–water partition coefficient (Wildman–Crippen LogP) is 2.75. The molecule has 102 valence electrons. The van der Waals surface area contributed by atoms with Gasteiger partial charge in [0.1, 0.15) is 5.75 Å². The maximum Gasteiger partial charge on any atom is 0.120 e. The third kappa shape index (κ3) is 3.46. The fraction of sp³-hybridized carbons (Fsp3) is 0.375. The number of hydrogen-bond donors (Lipinski definition) is 2. The SMILES string of the molecule is CN(Cc1c(O)ccc2ccccc12)CC(C)(C)O. The summed E-state index contributed by atoms with van der Waals surface area (Å²) in [4.78, 5) is 2.02. The summed E-state index contributed by atoms with van der Waals surface area (Å²) in [7, 11) is 1.94. The summed E-state index contributed by atoms with van der Waals surface area (Å²) < 4.78 is 0. The van der Waals surface area contributed by atoms with E-state index in [1.165, 1.54) is 0 Å². The van der Waals surface area contributed by atoms with E-state index in [1.54, 1.807) is 19.9 Å². The quantitative estimate of drug-likeness (QED) is 0.887. The van der Waals surface area contributed by atoms with Gasteiger partial charge >= 0.3 is 0 Å². The van der Waals surface area contributed by atoms with Crippen LogP contribution in [0.1, 0.15) is 19.4 Å². The van der Waals surface area contributed by atoms with Crippen LogP contribution < -0.4 is 0 Å². The predicted molar refractivity (Wildman–Crippen MR) is 78.2 cm³/mol. The van der Waals surface area contributed by atoms with Gasteiger partial charge in [0.05, 0.1) is 5.60 Å². The Morgan fingerprint density at radius 2 is 1.79 bits per heavy atom. The van der Waals surface area contributed by atoms with Crippen LogP contribution in [-0.2, 0) is 6.54 Å². The van der Waals surface area contributed by atoms with Gasteiger partial charge in [-0.2, -0.15) is 0 Å². The topological polar surface area (TPSA) is 43.7 Å². The molecule has 2 aromatic carbocycles. The van der Waals surface area contributed by atoms with E-state index >= 15 is 0 Å². The number of fused-ring (bicyclic) bond motifs is 1. The highest BCUT2D eigenvalue weighted by molar-refractivity contribution is 5.87. The van der Waals surface area contributed by atoms with E-state index in [4.69, 9.17) is 0 Å². The molecule has 0 aliphatic carbocycles. The van der Waals surface area contributed by atoms with Crippen molar-refractivity contribution in [2.75, 3.05) is 13.6 Å². The molecule has 0 atom stereocenters. The summed E-state index contributed by atoms with van der Waals surface area (Å²) in [5.41, 5.74) is 0.166. The highest BCUT2D eigenvalue weighted by atomic mass is 16.3. The molecule has 0 fully saturated rings. The summed E-state index contributed by atoms with van der Waals surface area (Å²) in [5.74, 6) is 0.307. The Morgan fingerprint density at radius 1 is 1.11 bits per heavy atom. The number of aromatic hydroxyl groups is 1. The van der Waals surface area contributed by atoms with Gasteiger partial charge in [-0.1, -0.05) is 30.3 Å². The second-order valence-corrected chi connectivity index (χ2v) is 5.77. The lowest BCUT2D eigenvalue weighted by Crippen LogP contribution is -2.35. The number of nitrogens with zero attached hydrogens (tertiary/aromatic N) is 1. The number of likely N-dealkylation sites (N-methyl/N-ethyl adjacent to an activating group) is 1. The molecule has 3 nitrogen and oxygen atoms in total. The Balaban J connectivity index is 2.32. The number of hydrogen-bond acceptors (Lipinski definition) is 3. The number of aliphatic hydroxyl groups is 1. The van der Waals surface area contributed by atoms with Crippen molar-refractivity contribution in [1.29, 1.82) is 0 Å². The van der Waals surface area contributed by atoms with Crippen molar-refractivity contribution in [2.24, 2.45) is 0 Å². The fourth-order valence-corrected chi connectivity index (χ4v) is 2.48. The van der Waals surface area contributed by atoms with Crippen molar-refractivity contribution in [2.45, 2.75) is 26.0 Å². The van der Waals surface area contributed by atoms with Crippen molar-refractivity contribution in [3.05, 3.63) is 42.0 Å². The summed E-state index contributed by atoms with van der Waals surface area (Å²) in [5, 5.41) is 22.1. The summed E-state index contributed by atoms with van der Waals surface area (Å²) >= 11 is 0. The first-order chi connectivity index (χ1) is 8.87. The maximum atomic E-state index is 10.1. The number of phenols is 1. The fourth-order valence-electron chi connectivity index (χ4n) is 2.48. The third-order valence-electron chi connectivity index (χ3n) is 3.10. The molecular weight excluding hydrogens is 238 g/mol. The molecule has 0 saturated carbocycles. The lowest BCUT2D eigenvalue weighted by atomic mass is 10.0. The second-order valence-electron chi connectivity index (χ2n) is 5.77. The van der Waals surface area contributed by atoms with E-state index in [0.29, 0.717) is 18.8 Å². The molecule has 19 heavy (non-hydrogen) atoms. The average Bonchev–Trinajstić information content (AvgIpc) is 2.31. The molecular formula is C16H21NO2. The van der Waals surface area contributed by atoms with Gasteiger partial charge in [0.15, 0.2) is 0 Å². The molecule has 2 N–H and O–H groups in total. The summed E-state index contributed by atoms with van der Waals surface area (Å²) in [6, 6.07) is 11.7. The van der Waals surface area contributed by atoms with Gasteiger partial charge in [0.2, 0.25) is 0 Å². The van der Waals surface area contributed by atoms with Crippen molar-refractivity contribution in [1.82, 2.24) is 4.90 Å². The minimum atomic E-state index is -0.741. The van der Waals surface area contributed by atoms with Gasteiger partial charge in [-0.15, -0.1) is 0 Å². The van der Waals surface area contributed by atoms with Crippen molar-refractivity contribution in [3.8, 4) is 5.75 Å². The standard InChI is InChI=1S/C16H21NO2/c1-16(2,19)11-17(3)10-14-13-7-5-4-6-12(13)8-9-15(14)18/h4-9,18-19H,10-11H2,1-3H3. The van der Waals surface area contributed by atoms with Crippen molar-refractivity contribution >= 4 is 10.8 Å². The van der Waals surface area contributed by atoms with Gasteiger partial charge in [-0.3, -0.25) is 4.90 Å². The second kappa shape index (κ2) is 5.19. The normalized spacial score (nSPS) is 12.3. The van der Waals surface area contributed by atoms with E-state index in [2.05, 4.69) is 0 Å². The average molecular weight is 259 g/mol. The molecule has 0 aliphatic heterocycles. The zero-order valence-electron chi connectivity index (χ0n) is 11.7. The molecule has 2 rings (SSSR count). The van der Waals surface area contributed by atoms with Gasteiger partial charge in [0, 0.05) is 18.7 Å². The Morgan fingerprint density at radius 3 is 2.47 bits per heavy atom. The molecule has 0 saturated heterocycles.